The van der Waals surface area contributed by atoms with Gasteiger partial charge in [-0.25, -0.2) is 0 Å². The molecule has 0 radical (unpaired) electrons. The summed E-state index contributed by atoms with van der Waals surface area (Å²) in [6.45, 7) is 0.240. The molecule has 1 N–H and O–H groups in total. The lowest BCUT2D eigenvalue weighted by molar-refractivity contribution is 0.0992. The van der Waals surface area contributed by atoms with Gasteiger partial charge in [0.1, 0.15) is 18.1 Å². The maximum Gasteiger partial charge on any atom is 0.291 e. The van der Waals surface area contributed by atoms with Crippen LogP contribution in [-0.2, 0) is 6.61 Å². The number of anilines is 1. The van der Waals surface area contributed by atoms with Gasteiger partial charge in [-0.05, 0) is 42.5 Å². The Labute approximate surface area is 149 Å². The molecule has 1 amide bonds. The molecule has 0 aliphatic rings. The second-order valence-electron chi connectivity index (χ2n) is 4.95. The first-order chi connectivity index (χ1) is 11.6. The van der Waals surface area contributed by atoms with Crippen LogP contribution in [0.25, 0.3) is 0 Å². The molecule has 3 aromatic rings. The highest BCUT2D eigenvalue weighted by atomic mass is 35.5. The summed E-state index contributed by atoms with van der Waals surface area (Å²) in [7, 11) is 0. The quantitative estimate of drug-likeness (QED) is 0.660. The average Bonchev–Trinajstić information content (AvgIpc) is 3.06. The van der Waals surface area contributed by atoms with Crippen LogP contribution >= 0.6 is 23.2 Å². The number of hydrogen-bond donors (Lipinski definition) is 1. The Morgan fingerprint density at radius 3 is 2.54 bits per heavy atom. The number of rotatable bonds is 5. The fraction of sp³-hybridized carbons (Fsp3) is 0.0556. The zero-order valence-electron chi connectivity index (χ0n) is 12.5. The highest BCUT2D eigenvalue weighted by molar-refractivity contribution is 6.42. The van der Waals surface area contributed by atoms with Gasteiger partial charge in [0.2, 0.25) is 0 Å². The van der Waals surface area contributed by atoms with Crippen molar-refractivity contribution in [2.24, 2.45) is 0 Å². The third-order valence-electron chi connectivity index (χ3n) is 3.19. The summed E-state index contributed by atoms with van der Waals surface area (Å²) >= 11 is 11.8. The van der Waals surface area contributed by atoms with Crippen LogP contribution in [0.3, 0.4) is 0 Å². The van der Waals surface area contributed by atoms with E-state index in [4.69, 9.17) is 32.4 Å². The Hall–Kier alpha value is -2.43. The molecule has 2 aromatic carbocycles. The summed E-state index contributed by atoms with van der Waals surface area (Å²) in [5, 5.41) is 3.49. The van der Waals surface area contributed by atoms with Crippen LogP contribution in [0.15, 0.2) is 65.1 Å². The maximum atomic E-state index is 12.2. The van der Waals surface area contributed by atoms with Gasteiger partial charge in [0.05, 0.1) is 10.0 Å². The van der Waals surface area contributed by atoms with Crippen molar-refractivity contribution < 1.29 is 13.9 Å². The van der Waals surface area contributed by atoms with Crippen molar-refractivity contribution in [2.45, 2.75) is 6.61 Å². The van der Waals surface area contributed by atoms with E-state index in [1.807, 2.05) is 30.3 Å². The molecular weight excluding hydrogens is 349 g/mol. The van der Waals surface area contributed by atoms with E-state index in [-0.39, 0.29) is 18.3 Å². The smallest absolute Gasteiger partial charge is 0.291 e. The summed E-state index contributed by atoms with van der Waals surface area (Å²) in [5.74, 6) is 1.10. The van der Waals surface area contributed by atoms with Gasteiger partial charge in [0, 0.05) is 5.69 Å². The molecule has 0 aliphatic carbocycles. The molecule has 0 saturated heterocycles. The Kier molecular flexibility index (Phi) is 5.08. The maximum absolute atomic E-state index is 12.2. The van der Waals surface area contributed by atoms with Crippen LogP contribution in [-0.4, -0.2) is 5.91 Å². The first-order valence-electron chi connectivity index (χ1n) is 7.15. The number of benzene rings is 2. The lowest BCUT2D eigenvalue weighted by Gasteiger charge is -2.05. The van der Waals surface area contributed by atoms with E-state index < -0.39 is 0 Å². The van der Waals surface area contributed by atoms with Gasteiger partial charge in [0.25, 0.3) is 5.91 Å². The van der Waals surface area contributed by atoms with E-state index in [1.165, 1.54) is 0 Å². The van der Waals surface area contributed by atoms with E-state index in [0.717, 1.165) is 5.75 Å². The third-order valence-corrected chi connectivity index (χ3v) is 3.93. The van der Waals surface area contributed by atoms with Crippen LogP contribution in [0.4, 0.5) is 5.69 Å². The van der Waals surface area contributed by atoms with Gasteiger partial charge in [-0.1, -0.05) is 41.4 Å². The van der Waals surface area contributed by atoms with E-state index in [9.17, 15) is 4.79 Å². The molecule has 0 aliphatic heterocycles. The van der Waals surface area contributed by atoms with Crippen LogP contribution in [0.1, 0.15) is 16.3 Å². The fourth-order valence-corrected chi connectivity index (χ4v) is 2.31. The minimum absolute atomic E-state index is 0.188. The molecule has 0 saturated carbocycles. The molecule has 1 heterocycles. The molecule has 1 aromatic heterocycles. The van der Waals surface area contributed by atoms with E-state index in [0.29, 0.717) is 21.5 Å². The third kappa shape index (κ3) is 4.10. The number of furan rings is 1. The number of amides is 1. The lowest BCUT2D eigenvalue weighted by atomic mass is 10.3. The molecule has 0 bridgehead atoms. The number of para-hydroxylation sites is 1. The van der Waals surface area contributed by atoms with Gasteiger partial charge in [0.15, 0.2) is 5.76 Å². The van der Waals surface area contributed by atoms with Crippen molar-refractivity contribution in [3.05, 3.63) is 82.2 Å². The van der Waals surface area contributed by atoms with E-state index in [1.54, 1.807) is 30.3 Å². The summed E-state index contributed by atoms with van der Waals surface area (Å²) in [5.41, 5.74) is 0.535. The van der Waals surface area contributed by atoms with Crippen molar-refractivity contribution in [3.8, 4) is 5.75 Å². The van der Waals surface area contributed by atoms with Crippen molar-refractivity contribution in [1.29, 1.82) is 0 Å². The minimum atomic E-state index is -0.376. The molecule has 4 nitrogen and oxygen atoms in total. The number of hydrogen-bond acceptors (Lipinski definition) is 3. The van der Waals surface area contributed by atoms with Crippen molar-refractivity contribution in [3.63, 3.8) is 0 Å². The molecule has 0 atom stereocenters. The molecule has 0 fully saturated rings. The molecule has 6 heteroatoms. The number of carbonyl (C=O) groups is 1. The molecule has 122 valence electrons. The Morgan fingerprint density at radius 1 is 1.00 bits per heavy atom. The highest BCUT2D eigenvalue weighted by Gasteiger charge is 2.12. The van der Waals surface area contributed by atoms with E-state index in [2.05, 4.69) is 5.32 Å². The predicted molar refractivity (Wildman–Crippen MR) is 93.9 cm³/mol. The normalized spacial score (nSPS) is 10.4. The Morgan fingerprint density at radius 2 is 1.79 bits per heavy atom. The lowest BCUT2D eigenvalue weighted by Crippen LogP contribution is -2.10. The Balaban J connectivity index is 1.62. The predicted octanol–water partition coefficient (Wildman–Crippen LogP) is 5.42. The molecule has 3 rings (SSSR count). The first-order valence-corrected chi connectivity index (χ1v) is 7.90. The van der Waals surface area contributed by atoms with Crippen LogP contribution in [0, 0.1) is 0 Å². The topological polar surface area (TPSA) is 51.5 Å². The Bertz CT molecular complexity index is 846. The van der Waals surface area contributed by atoms with Crippen molar-refractivity contribution in [1.82, 2.24) is 0 Å². The standard InChI is InChI=1S/C18H13Cl2NO3/c19-15-8-6-12(10-16(15)20)21-18(22)17-9-7-14(24-17)11-23-13-4-2-1-3-5-13/h1-10H,11H2,(H,21,22). The zero-order chi connectivity index (χ0) is 16.9. The second-order valence-corrected chi connectivity index (χ2v) is 5.77. The van der Waals surface area contributed by atoms with Gasteiger partial charge >= 0.3 is 0 Å². The van der Waals surface area contributed by atoms with Gasteiger partial charge in [-0.2, -0.15) is 0 Å². The van der Waals surface area contributed by atoms with Gasteiger partial charge < -0.3 is 14.5 Å². The second kappa shape index (κ2) is 7.43. The summed E-state index contributed by atoms with van der Waals surface area (Å²) in [4.78, 5) is 12.2. The average molecular weight is 362 g/mol. The minimum Gasteiger partial charge on any atom is -0.486 e. The monoisotopic (exact) mass is 361 g/mol. The first kappa shape index (κ1) is 16.4. The SMILES string of the molecule is O=C(Nc1ccc(Cl)c(Cl)c1)c1ccc(COc2ccccc2)o1. The van der Waals surface area contributed by atoms with Gasteiger partial charge in [-0.15, -0.1) is 0 Å². The van der Waals surface area contributed by atoms with Gasteiger partial charge in [-0.3, -0.25) is 4.79 Å². The fourth-order valence-electron chi connectivity index (χ4n) is 2.02. The van der Waals surface area contributed by atoms with Crippen LogP contribution in [0.5, 0.6) is 5.75 Å². The number of ether oxygens (including phenoxy) is 1. The zero-order valence-corrected chi connectivity index (χ0v) is 14.0. The molecule has 24 heavy (non-hydrogen) atoms. The largest absolute Gasteiger partial charge is 0.486 e. The van der Waals surface area contributed by atoms with Crippen molar-refractivity contribution in [2.75, 3.05) is 5.32 Å². The molecule has 0 spiro atoms. The molecule has 0 unspecified atom stereocenters. The van der Waals surface area contributed by atoms with Crippen molar-refractivity contribution >= 4 is 34.8 Å². The molecular formula is C18H13Cl2NO3. The summed E-state index contributed by atoms with van der Waals surface area (Å²) in [6, 6.07) is 17.5. The number of halogens is 2. The summed E-state index contributed by atoms with van der Waals surface area (Å²) in [6.07, 6.45) is 0. The highest BCUT2D eigenvalue weighted by Crippen LogP contribution is 2.25. The number of carbonyl (C=O) groups excluding carboxylic acids is 1. The van der Waals surface area contributed by atoms with Crippen LogP contribution in [0.2, 0.25) is 10.0 Å². The number of nitrogens with one attached hydrogen (secondary N) is 1. The summed E-state index contributed by atoms with van der Waals surface area (Å²) < 4.78 is 11.1. The van der Waals surface area contributed by atoms with E-state index >= 15 is 0 Å². The van der Waals surface area contributed by atoms with Crippen LogP contribution < -0.4 is 10.1 Å².